The fourth-order valence-corrected chi connectivity index (χ4v) is 3.24. The number of aryl methyl sites for hydroxylation is 3. The van der Waals surface area contributed by atoms with E-state index in [0.717, 1.165) is 22.4 Å². The molecule has 1 unspecified atom stereocenters. The molecule has 0 fully saturated rings. The Bertz CT molecular complexity index is 630. The van der Waals surface area contributed by atoms with Gasteiger partial charge in [0.05, 0.1) is 0 Å². The molecular formula is C16H20NO2P. The van der Waals surface area contributed by atoms with E-state index in [-0.39, 0.29) is 0 Å². The van der Waals surface area contributed by atoms with E-state index < -0.39 is 7.52 Å². The molecule has 2 aromatic rings. The molecule has 2 aromatic carbocycles. The van der Waals surface area contributed by atoms with Crippen molar-refractivity contribution in [2.75, 3.05) is 11.8 Å². The third-order valence-corrected chi connectivity index (χ3v) is 4.08. The topological polar surface area (TPSA) is 38.3 Å². The number of hydrogen-bond donors (Lipinski definition) is 1. The van der Waals surface area contributed by atoms with E-state index in [4.69, 9.17) is 4.52 Å². The highest BCUT2D eigenvalue weighted by Crippen LogP contribution is 2.43. The van der Waals surface area contributed by atoms with E-state index in [0.29, 0.717) is 5.75 Å². The lowest BCUT2D eigenvalue weighted by molar-refractivity contribution is 0.493. The van der Waals surface area contributed by atoms with Gasteiger partial charge in [-0.3, -0.25) is 4.57 Å². The molecule has 0 saturated heterocycles. The molecule has 0 amide bonds. The van der Waals surface area contributed by atoms with Crippen LogP contribution in [0.4, 0.5) is 5.69 Å². The molecule has 106 valence electrons. The Balaban J connectivity index is 2.14. The zero-order chi connectivity index (χ0) is 14.8. The van der Waals surface area contributed by atoms with Crippen molar-refractivity contribution in [1.82, 2.24) is 0 Å². The van der Waals surface area contributed by atoms with Gasteiger partial charge < -0.3 is 9.61 Å². The molecule has 0 spiro atoms. The van der Waals surface area contributed by atoms with Crippen molar-refractivity contribution in [2.45, 2.75) is 20.8 Å². The zero-order valence-corrected chi connectivity index (χ0v) is 13.2. The Morgan fingerprint density at radius 3 is 2.00 bits per heavy atom. The molecule has 0 saturated carbocycles. The van der Waals surface area contributed by atoms with Crippen molar-refractivity contribution in [3.05, 3.63) is 59.2 Å². The van der Waals surface area contributed by atoms with Crippen molar-refractivity contribution in [2.24, 2.45) is 0 Å². The lowest BCUT2D eigenvalue weighted by Crippen LogP contribution is -2.02. The van der Waals surface area contributed by atoms with Crippen LogP contribution in [0.5, 0.6) is 5.75 Å². The molecule has 1 atom stereocenters. The van der Waals surface area contributed by atoms with Gasteiger partial charge in [0.2, 0.25) is 0 Å². The van der Waals surface area contributed by atoms with Crippen LogP contribution in [-0.4, -0.2) is 6.66 Å². The molecule has 1 N–H and O–H groups in total. The minimum Gasteiger partial charge on any atom is -0.429 e. The van der Waals surface area contributed by atoms with Gasteiger partial charge in [0, 0.05) is 12.4 Å². The molecule has 0 aliphatic heterocycles. The Morgan fingerprint density at radius 2 is 1.45 bits per heavy atom. The van der Waals surface area contributed by atoms with Gasteiger partial charge in [0.1, 0.15) is 5.75 Å². The van der Waals surface area contributed by atoms with E-state index in [1.54, 1.807) is 6.66 Å². The van der Waals surface area contributed by atoms with Gasteiger partial charge in [-0.05, 0) is 56.2 Å². The second-order valence-corrected chi connectivity index (χ2v) is 7.34. The van der Waals surface area contributed by atoms with Crippen LogP contribution >= 0.6 is 7.52 Å². The molecule has 0 aliphatic rings. The average Bonchev–Trinajstić information content (AvgIpc) is 2.29. The molecule has 0 radical (unpaired) electrons. The number of benzene rings is 2. The van der Waals surface area contributed by atoms with Crippen LogP contribution in [0, 0.1) is 20.8 Å². The molecule has 0 aromatic heterocycles. The Kier molecular flexibility index (Phi) is 4.20. The summed E-state index contributed by atoms with van der Waals surface area (Å²) >= 11 is 0. The van der Waals surface area contributed by atoms with E-state index >= 15 is 0 Å². The highest BCUT2D eigenvalue weighted by Gasteiger charge is 2.17. The van der Waals surface area contributed by atoms with Crippen LogP contribution in [0.25, 0.3) is 0 Å². The van der Waals surface area contributed by atoms with Gasteiger partial charge >= 0.3 is 7.52 Å². The average molecular weight is 289 g/mol. The quantitative estimate of drug-likeness (QED) is 0.811. The first-order chi connectivity index (χ1) is 9.34. The zero-order valence-electron chi connectivity index (χ0n) is 12.3. The van der Waals surface area contributed by atoms with Gasteiger partial charge in [-0.25, -0.2) is 0 Å². The number of rotatable bonds is 4. The predicted octanol–water partition coefficient (Wildman–Crippen LogP) is 4.93. The number of anilines is 1. The fraction of sp³-hybridized carbons (Fsp3) is 0.250. The predicted molar refractivity (Wildman–Crippen MR) is 84.9 cm³/mol. The normalized spacial score (nSPS) is 13.6. The summed E-state index contributed by atoms with van der Waals surface area (Å²) in [6.07, 6.45) is 0. The first-order valence-corrected chi connectivity index (χ1v) is 8.62. The summed E-state index contributed by atoms with van der Waals surface area (Å²) < 4.78 is 18.2. The Hall–Kier alpha value is -1.73. The second-order valence-electron chi connectivity index (χ2n) is 5.24. The van der Waals surface area contributed by atoms with Gasteiger partial charge in [0.25, 0.3) is 0 Å². The second kappa shape index (κ2) is 5.72. The van der Waals surface area contributed by atoms with Gasteiger partial charge in [-0.15, -0.1) is 0 Å². The lowest BCUT2D eigenvalue weighted by atomic mass is 10.1. The van der Waals surface area contributed by atoms with E-state index in [1.165, 1.54) is 0 Å². The summed E-state index contributed by atoms with van der Waals surface area (Å²) in [6, 6.07) is 13.6. The smallest absolute Gasteiger partial charge is 0.338 e. The van der Waals surface area contributed by atoms with Crippen LogP contribution in [0.15, 0.2) is 42.5 Å². The van der Waals surface area contributed by atoms with E-state index in [2.05, 4.69) is 11.2 Å². The first-order valence-electron chi connectivity index (χ1n) is 6.54. The Labute approximate surface area is 120 Å². The minimum atomic E-state index is -2.94. The number of nitrogens with one attached hydrogen (secondary N) is 1. The summed E-state index contributed by atoms with van der Waals surface area (Å²) in [5.74, 6) is 0.632. The van der Waals surface area contributed by atoms with Crippen LogP contribution < -0.4 is 9.61 Å². The third-order valence-electron chi connectivity index (χ3n) is 2.86. The van der Waals surface area contributed by atoms with Crippen molar-refractivity contribution in [1.29, 1.82) is 0 Å². The highest BCUT2D eigenvalue weighted by molar-refractivity contribution is 7.60. The number of hydrogen-bond acceptors (Lipinski definition) is 2. The summed E-state index contributed by atoms with van der Waals surface area (Å²) in [4.78, 5) is 0. The van der Waals surface area contributed by atoms with Gasteiger partial charge in [-0.1, -0.05) is 23.8 Å². The molecular weight excluding hydrogens is 269 g/mol. The summed E-state index contributed by atoms with van der Waals surface area (Å²) in [5.41, 5.74) is 4.15. The van der Waals surface area contributed by atoms with E-state index in [1.807, 2.05) is 57.2 Å². The third kappa shape index (κ3) is 4.14. The maximum Gasteiger partial charge on any atom is 0.338 e. The van der Waals surface area contributed by atoms with Gasteiger partial charge in [0.15, 0.2) is 0 Å². The molecule has 3 nitrogen and oxygen atoms in total. The molecule has 0 aliphatic carbocycles. The standard InChI is InChI=1S/C16H20NO2P/c1-12-5-7-15(8-6-12)17-20(4,18)19-16-10-13(2)9-14(3)11-16/h5-11H,1-4H3,(H,17,18). The van der Waals surface area contributed by atoms with E-state index in [9.17, 15) is 4.57 Å². The van der Waals surface area contributed by atoms with Gasteiger partial charge in [-0.2, -0.15) is 0 Å². The lowest BCUT2D eigenvalue weighted by Gasteiger charge is -2.18. The SMILES string of the molecule is Cc1ccc(NP(C)(=O)Oc2cc(C)cc(C)c2)cc1. The van der Waals surface area contributed by atoms with Crippen LogP contribution in [0.3, 0.4) is 0 Å². The summed E-state index contributed by atoms with van der Waals surface area (Å²) in [7, 11) is -2.94. The molecule has 4 heteroatoms. The maximum atomic E-state index is 12.5. The van der Waals surface area contributed by atoms with Crippen molar-refractivity contribution < 1.29 is 9.09 Å². The molecule has 20 heavy (non-hydrogen) atoms. The monoisotopic (exact) mass is 289 g/mol. The Morgan fingerprint density at radius 1 is 0.900 bits per heavy atom. The van der Waals surface area contributed by atoms with Crippen molar-refractivity contribution in [3.63, 3.8) is 0 Å². The largest absolute Gasteiger partial charge is 0.429 e. The minimum absolute atomic E-state index is 0.632. The fourth-order valence-electron chi connectivity index (χ4n) is 2.07. The summed E-state index contributed by atoms with van der Waals surface area (Å²) in [5, 5.41) is 2.97. The van der Waals surface area contributed by atoms with Crippen molar-refractivity contribution in [3.8, 4) is 5.75 Å². The van der Waals surface area contributed by atoms with Crippen LogP contribution in [0.2, 0.25) is 0 Å². The molecule has 2 rings (SSSR count). The first kappa shape index (κ1) is 14.7. The van der Waals surface area contributed by atoms with Crippen LogP contribution in [-0.2, 0) is 4.57 Å². The highest BCUT2D eigenvalue weighted by atomic mass is 31.2. The molecule has 0 bridgehead atoms. The van der Waals surface area contributed by atoms with Crippen molar-refractivity contribution >= 4 is 13.2 Å². The summed E-state index contributed by atoms with van der Waals surface area (Å²) in [6.45, 7) is 7.59. The van der Waals surface area contributed by atoms with Crippen LogP contribution in [0.1, 0.15) is 16.7 Å². The molecule has 0 heterocycles. The maximum absolute atomic E-state index is 12.5.